The van der Waals surface area contributed by atoms with Gasteiger partial charge in [-0.1, -0.05) is 6.07 Å². The lowest BCUT2D eigenvalue weighted by Gasteiger charge is -2.43. The third-order valence-electron chi connectivity index (χ3n) is 3.62. The van der Waals surface area contributed by atoms with Crippen molar-refractivity contribution in [3.63, 3.8) is 0 Å². The first-order valence-corrected chi connectivity index (χ1v) is 7.02. The lowest BCUT2D eigenvalue weighted by atomic mass is 9.91. The molecule has 1 aromatic rings. The Morgan fingerprint density at radius 1 is 1.47 bits per heavy atom. The number of hydrogen-bond donors (Lipinski definition) is 1. The van der Waals surface area contributed by atoms with Gasteiger partial charge in [0.05, 0.1) is 19.3 Å². The summed E-state index contributed by atoms with van der Waals surface area (Å²) in [6, 6.07) is 4.12. The molecule has 3 nitrogen and oxygen atoms in total. The summed E-state index contributed by atoms with van der Waals surface area (Å²) >= 11 is 1.71. The van der Waals surface area contributed by atoms with Gasteiger partial charge in [-0.15, -0.1) is 11.3 Å². The quantitative estimate of drug-likeness (QED) is 0.890. The standard InChI is InChI=1S/C13H21NO2S/c1-13(2,14-5-7-16-8-6-14)12(15)10-11-4-3-9-17-11/h3-4,9,12,15H,5-8,10H2,1-2H3. The highest BCUT2D eigenvalue weighted by Gasteiger charge is 2.35. The van der Waals surface area contributed by atoms with Crippen molar-refractivity contribution in [1.82, 2.24) is 4.90 Å². The minimum Gasteiger partial charge on any atom is -0.391 e. The predicted octanol–water partition coefficient (Wildman–Crippen LogP) is 1.76. The molecule has 0 aliphatic carbocycles. The van der Waals surface area contributed by atoms with Crippen molar-refractivity contribution in [3.8, 4) is 0 Å². The maximum absolute atomic E-state index is 10.4. The number of rotatable bonds is 4. The molecule has 96 valence electrons. The Morgan fingerprint density at radius 2 is 2.18 bits per heavy atom. The number of thiophene rings is 1. The first kappa shape index (κ1) is 13.0. The lowest BCUT2D eigenvalue weighted by molar-refractivity contribution is -0.0609. The molecule has 0 aromatic carbocycles. The summed E-state index contributed by atoms with van der Waals surface area (Å²) in [5, 5.41) is 12.5. The molecule has 1 fully saturated rings. The van der Waals surface area contributed by atoms with Crippen LogP contribution in [0.2, 0.25) is 0 Å². The molecule has 0 bridgehead atoms. The van der Waals surface area contributed by atoms with Crippen molar-refractivity contribution >= 4 is 11.3 Å². The van der Waals surface area contributed by atoms with Gasteiger partial charge < -0.3 is 9.84 Å². The second-order valence-electron chi connectivity index (χ2n) is 5.05. The largest absolute Gasteiger partial charge is 0.391 e. The fourth-order valence-corrected chi connectivity index (χ4v) is 2.96. The van der Waals surface area contributed by atoms with Gasteiger partial charge in [0.1, 0.15) is 0 Å². The topological polar surface area (TPSA) is 32.7 Å². The number of morpholine rings is 1. The molecule has 1 aromatic heterocycles. The average Bonchev–Trinajstić information content (AvgIpc) is 2.83. The molecule has 1 aliphatic heterocycles. The van der Waals surface area contributed by atoms with Crippen molar-refractivity contribution in [1.29, 1.82) is 0 Å². The molecule has 0 radical (unpaired) electrons. The zero-order chi connectivity index (χ0) is 12.3. The zero-order valence-corrected chi connectivity index (χ0v) is 11.4. The van der Waals surface area contributed by atoms with E-state index in [1.807, 2.05) is 6.07 Å². The summed E-state index contributed by atoms with van der Waals surface area (Å²) < 4.78 is 5.36. The third-order valence-corrected chi connectivity index (χ3v) is 4.51. The maximum Gasteiger partial charge on any atom is 0.0766 e. The van der Waals surface area contributed by atoms with Crippen LogP contribution in [-0.2, 0) is 11.2 Å². The van der Waals surface area contributed by atoms with Gasteiger partial charge in [0.2, 0.25) is 0 Å². The van der Waals surface area contributed by atoms with Crippen molar-refractivity contribution in [2.45, 2.75) is 31.9 Å². The molecule has 1 aliphatic rings. The Labute approximate surface area is 107 Å². The molecule has 2 rings (SSSR count). The van der Waals surface area contributed by atoms with E-state index in [2.05, 4.69) is 30.2 Å². The fourth-order valence-electron chi connectivity index (χ4n) is 2.22. The van der Waals surface area contributed by atoms with E-state index in [0.29, 0.717) is 0 Å². The fraction of sp³-hybridized carbons (Fsp3) is 0.692. The van der Waals surface area contributed by atoms with E-state index < -0.39 is 0 Å². The molecule has 0 saturated carbocycles. The van der Waals surface area contributed by atoms with Crippen LogP contribution < -0.4 is 0 Å². The zero-order valence-electron chi connectivity index (χ0n) is 10.6. The van der Waals surface area contributed by atoms with Crippen LogP contribution >= 0.6 is 11.3 Å². The summed E-state index contributed by atoms with van der Waals surface area (Å²) in [6.45, 7) is 7.61. The molecular formula is C13H21NO2S. The lowest BCUT2D eigenvalue weighted by Crippen LogP contribution is -2.56. The van der Waals surface area contributed by atoms with Crippen molar-refractivity contribution in [3.05, 3.63) is 22.4 Å². The predicted molar refractivity (Wildman–Crippen MR) is 70.5 cm³/mol. The summed E-state index contributed by atoms with van der Waals surface area (Å²) in [5.74, 6) is 0. The van der Waals surface area contributed by atoms with Crippen molar-refractivity contribution in [2.75, 3.05) is 26.3 Å². The molecule has 17 heavy (non-hydrogen) atoms. The van der Waals surface area contributed by atoms with Gasteiger partial charge in [-0.25, -0.2) is 0 Å². The average molecular weight is 255 g/mol. The first-order chi connectivity index (χ1) is 8.10. The van der Waals surface area contributed by atoms with E-state index in [1.54, 1.807) is 11.3 Å². The molecule has 2 heterocycles. The highest BCUT2D eigenvalue weighted by Crippen LogP contribution is 2.24. The summed E-state index contributed by atoms with van der Waals surface area (Å²) in [7, 11) is 0. The maximum atomic E-state index is 10.4. The van der Waals surface area contributed by atoms with Crippen LogP contribution in [0.3, 0.4) is 0 Å². The van der Waals surface area contributed by atoms with Crippen LogP contribution in [0.1, 0.15) is 18.7 Å². The Balaban J connectivity index is 1.98. The van der Waals surface area contributed by atoms with Crippen LogP contribution in [0.15, 0.2) is 17.5 Å². The summed E-state index contributed by atoms with van der Waals surface area (Å²) in [5.41, 5.74) is -0.187. The van der Waals surface area contributed by atoms with Gasteiger partial charge >= 0.3 is 0 Å². The molecule has 0 spiro atoms. The van der Waals surface area contributed by atoms with E-state index in [9.17, 15) is 5.11 Å². The van der Waals surface area contributed by atoms with Gasteiger partial charge in [0, 0.05) is 29.9 Å². The molecule has 1 unspecified atom stereocenters. The van der Waals surface area contributed by atoms with Crippen LogP contribution in [-0.4, -0.2) is 48.0 Å². The molecule has 1 atom stereocenters. The molecule has 1 saturated heterocycles. The van der Waals surface area contributed by atoms with E-state index in [0.717, 1.165) is 32.7 Å². The molecular weight excluding hydrogens is 234 g/mol. The van der Waals surface area contributed by atoms with Crippen LogP contribution in [0.4, 0.5) is 0 Å². The second-order valence-corrected chi connectivity index (χ2v) is 6.08. The Hall–Kier alpha value is -0.420. The summed E-state index contributed by atoms with van der Waals surface area (Å²) in [6.07, 6.45) is 0.404. The highest BCUT2D eigenvalue weighted by atomic mass is 32.1. The third kappa shape index (κ3) is 3.07. The van der Waals surface area contributed by atoms with E-state index in [4.69, 9.17) is 4.74 Å². The molecule has 1 N–H and O–H groups in total. The van der Waals surface area contributed by atoms with E-state index in [1.165, 1.54) is 4.88 Å². The number of nitrogens with zero attached hydrogens (tertiary/aromatic N) is 1. The van der Waals surface area contributed by atoms with Gasteiger partial charge in [-0.2, -0.15) is 0 Å². The second kappa shape index (κ2) is 5.48. The molecule has 0 amide bonds. The minimum absolute atomic E-state index is 0.187. The van der Waals surface area contributed by atoms with Crippen LogP contribution in [0.5, 0.6) is 0 Å². The van der Waals surface area contributed by atoms with Crippen molar-refractivity contribution < 1.29 is 9.84 Å². The van der Waals surface area contributed by atoms with Gasteiger partial charge in [0.25, 0.3) is 0 Å². The van der Waals surface area contributed by atoms with Crippen LogP contribution in [0, 0.1) is 0 Å². The smallest absolute Gasteiger partial charge is 0.0766 e. The molecule has 4 heteroatoms. The van der Waals surface area contributed by atoms with Gasteiger partial charge in [-0.05, 0) is 25.3 Å². The Morgan fingerprint density at radius 3 is 2.76 bits per heavy atom. The van der Waals surface area contributed by atoms with Gasteiger partial charge in [-0.3, -0.25) is 4.90 Å². The highest BCUT2D eigenvalue weighted by molar-refractivity contribution is 7.09. The van der Waals surface area contributed by atoms with E-state index in [-0.39, 0.29) is 11.6 Å². The number of ether oxygens (including phenoxy) is 1. The van der Waals surface area contributed by atoms with E-state index >= 15 is 0 Å². The Bertz CT molecular complexity index is 331. The summed E-state index contributed by atoms with van der Waals surface area (Å²) in [4.78, 5) is 3.58. The Kier molecular flexibility index (Phi) is 4.20. The monoisotopic (exact) mass is 255 g/mol. The normalized spacial score (nSPS) is 20.4. The van der Waals surface area contributed by atoms with Crippen LogP contribution in [0.25, 0.3) is 0 Å². The minimum atomic E-state index is -0.334. The number of aliphatic hydroxyl groups excluding tert-OH is 1. The van der Waals surface area contributed by atoms with Crippen molar-refractivity contribution in [2.24, 2.45) is 0 Å². The van der Waals surface area contributed by atoms with Gasteiger partial charge in [0.15, 0.2) is 0 Å². The number of hydrogen-bond acceptors (Lipinski definition) is 4. The SMILES string of the molecule is CC(C)(C(O)Cc1cccs1)N1CCOCC1. The number of aliphatic hydroxyl groups is 1. The first-order valence-electron chi connectivity index (χ1n) is 6.14.